The second-order valence-corrected chi connectivity index (χ2v) is 5.12. The van der Waals surface area contributed by atoms with Gasteiger partial charge in [0.2, 0.25) is 0 Å². The smallest absolute Gasteiger partial charge is 0.314 e. The highest BCUT2D eigenvalue weighted by atomic mass is 32.2. The van der Waals surface area contributed by atoms with Crippen molar-refractivity contribution >= 4 is 17.8 Å². The Kier molecular flexibility index (Phi) is 4.58. The third-order valence-corrected chi connectivity index (χ3v) is 4.05. The van der Waals surface area contributed by atoms with Gasteiger partial charge in [-0.05, 0) is 25.5 Å². The lowest BCUT2D eigenvalue weighted by Gasteiger charge is -2.13. The fourth-order valence-electron chi connectivity index (χ4n) is 1.28. The summed E-state index contributed by atoms with van der Waals surface area (Å²) in [5.41, 5.74) is 0. The monoisotopic (exact) mass is 216 g/mol. The molecule has 1 aliphatic rings. The third kappa shape index (κ3) is 3.78. The highest BCUT2D eigenvalue weighted by molar-refractivity contribution is 8.00. The third-order valence-electron chi connectivity index (χ3n) is 2.63. The molecular formula is C10H20N2OS. The van der Waals surface area contributed by atoms with Crippen LogP contribution in [0.1, 0.15) is 32.6 Å². The molecule has 1 rings (SSSR count). The van der Waals surface area contributed by atoms with Crippen molar-refractivity contribution in [2.24, 2.45) is 0 Å². The molecular weight excluding hydrogens is 196 g/mol. The number of carbonyl (C=O) groups excluding carboxylic acids is 1. The maximum absolute atomic E-state index is 11.3. The summed E-state index contributed by atoms with van der Waals surface area (Å²) in [6, 6.07) is -0.0150. The molecule has 0 saturated heterocycles. The van der Waals surface area contributed by atoms with E-state index in [0.717, 1.165) is 25.9 Å². The molecule has 0 aliphatic heterocycles. The molecule has 0 spiro atoms. The SMILES string of the molecule is CCCCNC(=O)NCC1(SC)CC1. The standard InChI is InChI=1S/C10H20N2OS/c1-3-4-7-11-9(13)12-8-10(14-2)5-6-10/h3-8H2,1-2H3,(H2,11,12,13). The molecule has 0 atom stereocenters. The molecule has 14 heavy (non-hydrogen) atoms. The van der Waals surface area contributed by atoms with Gasteiger partial charge in [-0.3, -0.25) is 0 Å². The summed E-state index contributed by atoms with van der Waals surface area (Å²) < 4.78 is 0.363. The summed E-state index contributed by atoms with van der Waals surface area (Å²) in [4.78, 5) is 11.3. The van der Waals surface area contributed by atoms with Crippen LogP contribution in [0.25, 0.3) is 0 Å². The van der Waals surface area contributed by atoms with Gasteiger partial charge < -0.3 is 10.6 Å². The number of rotatable bonds is 6. The molecule has 1 aliphatic carbocycles. The van der Waals surface area contributed by atoms with Gasteiger partial charge in [0.1, 0.15) is 0 Å². The Labute approximate surface area is 90.4 Å². The molecule has 2 amide bonds. The Bertz CT molecular complexity index is 193. The first-order chi connectivity index (χ1) is 6.72. The predicted octanol–water partition coefficient (Wildman–Crippen LogP) is 1.98. The molecule has 1 saturated carbocycles. The van der Waals surface area contributed by atoms with Crippen molar-refractivity contribution in [1.29, 1.82) is 0 Å². The second kappa shape index (κ2) is 5.49. The van der Waals surface area contributed by atoms with Crippen molar-refractivity contribution in [1.82, 2.24) is 10.6 Å². The van der Waals surface area contributed by atoms with Crippen molar-refractivity contribution in [3.63, 3.8) is 0 Å². The number of thioether (sulfide) groups is 1. The number of hydrogen-bond acceptors (Lipinski definition) is 2. The van der Waals surface area contributed by atoms with E-state index < -0.39 is 0 Å². The molecule has 0 aromatic rings. The molecule has 3 nitrogen and oxygen atoms in total. The van der Waals surface area contributed by atoms with E-state index in [4.69, 9.17) is 0 Å². The summed E-state index contributed by atoms with van der Waals surface area (Å²) in [7, 11) is 0. The highest BCUT2D eigenvalue weighted by Crippen LogP contribution is 2.46. The van der Waals surface area contributed by atoms with Crippen LogP contribution in [0.4, 0.5) is 4.79 Å². The van der Waals surface area contributed by atoms with E-state index in [-0.39, 0.29) is 6.03 Å². The predicted molar refractivity (Wildman–Crippen MR) is 61.8 cm³/mol. The zero-order valence-electron chi connectivity index (χ0n) is 9.06. The van der Waals surface area contributed by atoms with Crippen molar-refractivity contribution in [3.05, 3.63) is 0 Å². The van der Waals surface area contributed by atoms with Crippen molar-refractivity contribution in [2.45, 2.75) is 37.4 Å². The Morgan fingerprint density at radius 2 is 2.14 bits per heavy atom. The van der Waals surface area contributed by atoms with Gasteiger partial charge in [0.05, 0.1) is 0 Å². The summed E-state index contributed by atoms with van der Waals surface area (Å²) in [5.74, 6) is 0. The normalized spacial score (nSPS) is 17.6. The van der Waals surface area contributed by atoms with Crippen LogP contribution in [0.15, 0.2) is 0 Å². The van der Waals surface area contributed by atoms with E-state index in [9.17, 15) is 4.79 Å². The van der Waals surface area contributed by atoms with Gasteiger partial charge in [-0.2, -0.15) is 11.8 Å². The first-order valence-corrected chi connectivity index (χ1v) is 6.52. The van der Waals surface area contributed by atoms with Crippen LogP contribution in [0.3, 0.4) is 0 Å². The van der Waals surface area contributed by atoms with Gasteiger partial charge >= 0.3 is 6.03 Å². The van der Waals surface area contributed by atoms with Crippen LogP contribution < -0.4 is 10.6 Å². The lowest BCUT2D eigenvalue weighted by Crippen LogP contribution is -2.39. The van der Waals surface area contributed by atoms with Gasteiger partial charge in [0.25, 0.3) is 0 Å². The average molecular weight is 216 g/mol. The zero-order chi connectivity index (χ0) is 10.4. The molecule has 0 unspecified atom stereocenters. The van der Waals surface area contributed by atoms with Crippen LogP contribution in [0.5, 0.6) is 0 Å². The number of hydrogen-bond donors (Lipinski definition) is 2. The average Bonchev–Trinajstić information content (AvgIpc) is 2.96. The van der Waals surface area contributed by atoms with Crippen molar-refractivity contribution in [3.8, 4) is 0 Å². The number of unbranched alkanes of at least 4 members (excludes halogenated alkanes) is 1. The first-order valence-electron chi connectivity index (χ1n) is 5.29. The minimum absolute atomic E-state index is 0.0150. The molecule has 2 N–H and O–H groups in total. The number of amides is 2. The maximum Gasteiger partial charge on any atom is 0.314 e. The fourth-order valence-corrected chi connectivity index (χ4v) is 2.00. The van der Waals surface area contributed by atoms with E-state index in [1.165, 1.54) is 12.8 Å². The van der Waals surface area contributed by atoms with Crippen LogP contribution >= 0.6 is 11.8 Å². The van der Waals surface area contributed by atoms with E-state index in [2.05, 4.69) is 23.8 Å². The van der Waals surface area contributed by atoms with E-state index >= 15 is 0 Å². The Morgan fingerprint density at radius 1 is 1.43 bits per heavy atom. The van der Waals surface area contributed by atoms with Gasteiger partial charge in [0.15, 0.2) is 0 Å². The molecule has 4 heteroatoms. The summed E-state index contributed by atoms with van der Waals surface area (Å²) >= 11 is 1.87. The molecule has 0 radical (unpaired) electrons. The van der Waals surface area contributed by atoms with E-state index in [1.807, 2.05) is 11.8 Å². The minimum Gasteiger partial charge on any atom is -0.338 e. The van der Waals surface area contributed by atoms with Crippen LogP contribution in [-0.2, 0) is 0 Å². The van der Waals surface area contributed by atoms with Crippen molar-refractivity contribution in [2.75, 3.05) is 19.3 Å². The van der Waals surface area contributed by atoms with Crippen molar-refractivity contribution < 1.29 is 4.79 Å². The highest BCUT2D eigenvalue weighted by Gasteiger charge is 2.41. The second-order valence-electron chi connectivity index (χ2n) is 3.85. The molecule has 0 aromatic carbocycles. The van der Waals surface area contributed by atoms with Gasteiger partial charge in [-0.25, -0.2) is 4.79 Å². The molecule has 0 aromatic heterocycles. The molecule has 0 bridgehead atoms. The summed E-state index contributed by atoms with van der Waals surface area (Å²) in [5, 5.41) is 5.77. The number of nitrogens with one attached hydrogen (secondary N) is 2. The Hall–Kier alpha value is -0.380. The van der Waals surface area contributed by atoms with Gasteiger partial charge in [0, 0.05) is 17.8 Å². The largest absolute Gasteiger partial charge is 0.338 e. The summed E-state index contributed by atoms with van der Waals surface area (Å²) in [6.45, 7) is 3.72. The molecule has 82 valence electrons. The quantitative estimate of drug-likeness (QED) is 0.667. The zero-order valence-corrected chi connectivity index (χ0v) is 9.88. The van der Waals surface area contributed by atoms with Crippen LogP contribution in [-0.4, -0.2) is 30.1 Å². The molecule has 1 fully saturated rings. The first kappa shape index (κ1) is 11.7. The van der Waals surface area contributed by atoms with Crippen LogP contribution in [0, 0.1) is 0 Å². The topological polar surface area (TPSA) is 41.1 Å². The Morgan fingerprint density at radius 3 is 2.64 bits per heavy atom. The van der Waals surface area contributed by atoms with Gasteiger partial charge in [-0.15, -0.1) is 0 Å². The molecule has 0 heterocycles. The van der Waals surface area contributed by atoms with E-state index in [0.29, 0.717) is 4.75 Å². The Balaban J connectivity index is 2.03. The number of carbonyl (C=O) groups is 1. The summed E-state index contributed by atoms with van der Waals surface area (Å²) in [6.07, 6.45) is 6.77. The lowest BCUT2D eigenvalue weighted by atomic mass is 10.3. The van der Waals surface area contributed by atoms with E-state index in [1.54, 1.807) is 0 Å². The fraction of sp³-hybridized carbons (Fsp3) is 0.900. The lowest BCUT2D eigenvalue weighted by molar-refractivity contribution is 0.240. The van der Waals surface area contributed by atoms with Crippen LogP contribution in [0.2, 0.25) is 0 Å². The number of urea groups is 1. The minimum atomic E-state index is -0.0150. The maximum atomic E-state index is 11.3. The van der Waals surface area contributed by atoms with Gasteiger partial charge in [-0.1, -0.05) is 13.3 Å².